The molecule has 0 radical (unpaired) electrons. The maximum absolute atomic E-state index is 12.1. The summed E-state index contributed by atoms with van der Waals surface area (Å²) in [6, 6.07) is -0.262. The summed E-state index contributed by atoms with van der Waals surface area (Å²) in [5, 5.41) is 14.8. The second kappa shape index (κ2) is 6.43. The van der Waals surface area contributed by atoms with Gasteiger partial charge in [0.2, 0.25) is 0 Å². The topological polar surface area (TPSA) is 87.7 Å². The number of hydrogen-bond acceptors (Lipinski definition) is 3. The highest BCUT2D eigenvalue weighted by Gasteiger charge is 2.44. The SMILES string of the molecule is CC1CCCCCC1NC(=O)NC1(C(=O)O)CCOC1. The predicted octanol–water partition coefficient (Wildman–Crippen LogP) is 1.50. The van der Waals surface area contributed by atoms with Gasteiger partial charge in [-0.1, -0.05) is 26.2 Å². The van der Waals surface area contributed by atoms with Crippen LogP contribution in [0.5, 0.6) is 0 Å². The average molecular weight is 284 g/mol. The summed E-state index contributed by atoms with van der Waals surface area (Å²) in [7, 11) is 0. The number of hydrogen-bond donors (Lipinski definition) is 3. The zero-order valence-electron chi connectivity index (χ0n) is 12.0. The number of carbonyl (C=O) groups is 2. The number of urea groups is 1. The van der Waals surface area contributed by atoms with Crippen molar-refractivity contribution in [3.63, 3.8) is 0 Å². The van der Waals surface area contributed by atoms with Gasteiger partial charge in [0.25, 0.3) is 0 Å². The average Bonchev–Trinajstić information content (AvgIpc) is 2.77. The zero-order chi connectivity index (χ0) is 14.6. The van der Waals surface area contributed by atoms with Crippen LogP contribution in [0.2, 0.25) is 0 Å². The molecule has 1 aliphatic heterocycles. The van der Waals surface area contributed by atoms with E-state index < -0.39 is 17.5 Å². The Kier molecular flexibility index (Phi) is 4.86. The monoisotopic (exact) mass is 284 g/mol. The third-order valence-electron chi connectivity index (χ3n) is 4.46. The van der Waals surface area contributed by atoms with Gasteiger partial charge < -0.3 is 20.5 Å². The Hall–Kier alpha value is -1.30. The van der Waals surface area contributed by atoms with Gasteiger partial charge in [-0.05, 0) is 18.8 Å². The van der Waals surface area contributed by atoms with Crippen LogP contribution in [-0.2, 0) is 9.53 Å². The third kappa shape index (κ3) is 3.42. The van der Waals surface area contributed by atoms with Gasteiger partial charge in [0, 0.05) is 19.1 Å². The van der Waals surface area contributed by atoms with Crippen molar-refractivity contribution >= 4 is 12.0 Å². The van der Waals surface area contributed by atoms with E-state index in [2.05, 4.69) is 17.6 Å². The van der Waals surface area contributed by atoms with Crippen LogP contribution in [0.3, 0.4) is 0 Å². The summed E-state index contributed by atoms with van der Waals surface area (Å²) in [4.78, 5) is 23.4. The first kappa shape index (κ1) is 15.1. The van der Waals surface area contributed by atoms with E-state index in [0.29, 0.717) is 18.9 Å². The van der Waals surface area contributed by atoms with Crippen LogP contribution in [0.25, 0.3) is 0 Å². The Balaban J connectivity index is 1.92. The van der Waals surface area contributed by atoms with E-state index in [9.17, 15) is 14.7 Å². The van der Waals surface area contributed by atoms with Crippen LogP contribution in [0.4, 0.5) is 4.79 Å². The van der Waals surface area contributed by atoms with Crippen molar-refractivity contribution in [3.8, 4) is 0 Å². The molecule has 1 heterocycles. The van der Waals surface area contributed by atoms with Gasteiger partial charge in [-0.15, -0.1) is 0 Å². The minimum Gasteiger partial charge on any atom is -0.479 e. The van der Waals surface area contributed by atoms with Gasteiger partial charge in [-0.2, -0.15) is 0 Å². The lowest BCUT2D eigenvalue weighted by Crippen LogP contribution is -2.59. The summed E-state index contributed by atoms with van der Waals surface area (Å²) >= 11 is 0. The number of rotatable bonds is 3. The zero-order valence-corrected chi connectivity index (χ0v) is 12.0. The predicted molar refractivity (Wildman–Crippen MR) is 73.5 cm³/mol. The van der Waals surface area contributed by atoms with E-state index in [1.165, 1.54) is 12.8 Å². The molecule has 114 valence electrons. The fourth-order valence-electron chi connectivity index (χ4n) is 3.01. The first-order valence-corrected chi connectivity index (χ1v) is 7.43. The van der Waals surface area contributed by atoms with Crippen molar-refractivity contribution in [3.05, 3.63) is 0 Å². The van der Waals surface area contributed by atoms with Crippen LogP contribution in [-0.4, -0.2) is 41.9 Å². The number of amides is 2. The summed E-state index contributed by atoms with van der Waals surface area (Å²) < 4.78 is 5.13. The number of carboxylic acids is 1. The summed E-state index contributed by atoms with van der Waals surface area (Å²) in [5.41, 5.74) is -1.27. The largest absolute Gasteiger partial charge is 0.479 e. The van der Waals surface area contributed by atoms with E-state index in [1.54, 1.807) is 0 Å². The molecule has 2 amide bonds. The van der Waals surface area contributed by atoms with Crippen molar-refractivity contribution < 1.29 is 19.4 Å². The molecule has 1 saturated carbocycles. The minimum absolute atomic E-state index is 0.0377. The van der Waals surface area contributed by atoms with Gasteiger partial charge >= 0.3 is 12.0 Å². The molecule has 20 heavy (non-hydrogen) atoms. The van der Waals surface area contributed by atoms with E-state index in [0.717, 1.165) is 19.3 Å². The van der Waals surface area contributed by atoms with E-state index in [-0.39, 0.29) is 12.6 Å². The first-order valence-electron chi connectivity index (χ1n) is 7.43. The Labute approximate surface area is 119 Å². The lowest BCUT2D eigenvalue weighted by molar-refractivity contribution is -0.144. The molecule has 3 unspecified atom stereocenters. The Morgan fingerprint density at radius 2 is 2.00 bits per heavy atom. The second-order valence-corrected chi connectivity index (χ2v) is 6.01. The van der Waals surface area contributed by atoms with Crippen LogP contribution >= 0.6 is 0 Å². The smallest absolute Gasteiger partial charge is 0.332 e. The van der Waals surface area contributed by atoms with Crippen molar-refractivity contribution in [1.29, 1.82) is 0 Å². The Bertz CT molecular complexity index is 366. The van der Waals surface area contributed by atoms with Crippen LogP contribution < -0.4 is 10.6 Å². The van der Waals surface area contributed by atoms with Crippen molar-refractivity contribution in [2.45, 2.75) is 57.0 Å². The van der Waals surface area contributed by atoms with Gasteiger partial charge in [-0.3, -0.25) is 0 Å². The molecule has 1 aliphatic carbocycles. The number of carbonyl (C=O) groups excluding carboxylic acids is 1. The molecule has 0 bridgehead atoms. The number of carboxylic acid groups (broad SMARTS) is 1. The number of ether oxygens (including phenoxy) is 1. The molecule has 0 aromatic heterocycles. The highest BCUT2D eigenvalue weighted by molar-refractivity contribution is 5.86. The summed E-state index contributed by atoms with van der Waals surface area (Å²) in [6.07, 6.45) is 5.91. The number of nitrogens with one attached hydrogen (secondary N) is 2. The second-order valence-electron chi connectivity index (χ2n) is 6.01. The van der Waals surface area contributed by atoms with Crippen molar-refractivity contribution in [1.82, 2.24) is 10.6 Å². The Morgan fingerprint density at radius 3 is 2.65 bits per heavy atom. The molecular formula is C14H24N2O4. The van der Waals surface area contributed by atoms with Crippen LogP contribution in [0, 0.1) is 5.92 Å². The molecule has 2 aliphatic rings. The van der Waals surface area contributed by atoms with Gasteiger partial charge in [0.05, 0.1) is 6.61 Å². The van der Waals surface area contributed by atoms with E-state index in [4.69, 9.17) is 4.74 Å². The molecular weight excluding hydrogens is 260 g/mol. The quantitative estimate of drug-likeness (QED) is 0.685. The lowest BCUT2D eigenvalue weighted by Gasteiger charge is -2.28. The fraction of sp³-hybridized carbons (Fsp3) is 0.857. The minimum atomic E-state index is -1.27. The molecule has 0 spiro atoms. The molecule has 2 rings (SSSR count). The normalized spacial score (nSPS) is 34.2. The standard InChI is InChI=1S/C14H24N2O4/c1-10-5-3-2-4-6-11(10)15-13(19)16-14(12(17)18)7-8-20-9-14/h10-11H,2-9H2,1H3,(H,17,18)(H2,15,16,19). The molecule has 6 nitrogen and oxygen atoms in total. The van der Waals surface area contributed by atoms with Crippen LogP contribution in [0.15, 0.2) is 0 Å². The van der Waals surface area contributed by atoms with Gasteiger partial charge in [-0.25, -0.2) is 9.59 Å². The molecule has 3 atom stereocenters. The lowest BCUT2D eigenvalue weighted by atomic mass is 9.96. The summed E-state index contributed by atoms with van der Waals surface area (Å²) in [5.74, 6) is -0.595. The van der Waals surface area contributed by atoms with Crippen molar-refractivity contribution in [2.24, 2.45) is 5.92 Å². The molecule has 2 fully saturated rings. The first-order chi connectivity index (χ1) is 9.53. The molecule has 1 saturated heterocycles. The van der Waals surface area contributed by atoms with Crippen molar-refractivity contribution in [2.75, 3.05) is 13.2 Å². The number of aliphatic carboxylic acids is 1. The highest BCUT2D eigenvalue weighted by Crippen LogP contribution is 2.23. The fourth-order valence-corrected chi connectivity index (χ4v) is 3.01. The Morgan fingerprint density at radius 1 is 1.25 bits per heavy atom. The molecule has 0 aromatic rings. The van der Waals surface area contributed by atoms with E-state index >= 15 is 0 Å². The van der Waals surface area contributed by atoms with Crippen LogP contribution in [0.1, 0.15) is 45.4 Å². The van der Waals surface area contributed by atoms with Gasteiger partial charge in [0.15, 0.2) is 5.54 Å². The molecule has 3 N–H and O–H groups in total. The van der Waals surface area contributed by atoms with Gasteiger partial charge in [0.1, 0.15) is 0 Å². The molecule has 0 aromatic carbocycles. The summed E-state index contributed by atoms with van der Waals surface area (Å²) in [6.45, 7) is 2.55. The van der Waals surface area contributed by atoms with E-state index in [1.807, 2.05) is 0 Å². The third-order valence-corrected chi connectivity index (χ3v) is 4.46. The highest BCUT2D eigenvalue weighted by atomic mass is 16.5. The molecule has 6 heteroatoms. The maximum Gasteiger partial charge on any atom is 0.332 e. The maximum atomic E-state index is 12.1.